The molecule has 100 valence electrons. The quantitative estimate of drug-likeness (QED) is 0.851. The van der Waals surface area contributed by atoms with Gasteiger partial charge in [-0.1, -0.05) is 0 Å². The molecule has 1 saturated heterocycles. The number of nitrogens with zero attached hydrogens (tertiary/aromatic N) is 3. The van der Waals surface area contributed by atoms with E-state index in [1.807, 2.05) is 18.0 Å². The Morgan fingerprint density at radius 3 is 2.84 bits per heavy atom. The highest BCUT2D eigenvalue weighted by molar-refractivity contribution is 5.79. The Morgan fingerprint density at radius 1 is 1.42 bits per heavy atom. The number of piperidine rings is 1. The third kappa shape index (κ3) is 2.20. The van der Waals surface area contributed by atoms with Crippen LogP contribution >= 0.6 is 0 Å². The normalized spacial score (nSPS) is 17.1. The van der Waals surface area contributed by atoms with Crippen LogP contribution in [-0.4, -0.2) is 39.1 Å². The van der Waals surface area contributed by atoms with E-state index >= 15 is 0 Å². The van der Waals surface area contributed by atoms with Crippen molar-refractivity contribution < 1.29 is 4.79 Å². The molecule has 1 fully saturated rings. The van der Waals surface area contributed by atoms with Gasteiger partial charge in [-0.15, -0.1) is 0 Å². The Hall–Kier alpha value is -1.91. The van der Waals surface area contributed by atoms with E-state index in [9.17, 15) is 4.79 Å². The van der Waals surface area contributed by atoms with Crippen LogP contribution in [0.4, 0.5) is 0 Å². The van der Waals surface area contributed by atoms with E-state index in [1.165, 1.54) is 5.69 Å². The Kier molecular flexibility index (Phi) is 2.97. The second-order valence-corrected chi connectivity index (χ2v) is 5.30. The van der Waals surface area contributed by atoms with Gasteiger partial charge < -0.3 is 4.90 Å². The van der Waals surface area contributed by atoms with Gasteiger partial charge in [-0.25, -0.2) is 4.98 Å². The first-order valence-electron chi connectivity index (χ1n) is 6.71. The number of amides is 1. The van der Waals surface area contributed by atoms with E-state index < -0.39 is 0 Å². The van der Waals surface area contributed by atoms with Crippen LogP contribution in [0.5, 0.6) is 0 Å². The smallest absolute Gasteiger partial charge is 0.219 e. The van der Waals surface area contributed by atoms with Crippen LogP contribution in [0.3, 0.4) is 0 Å². The number of pyridine rings is 1. The summed E-state index contributed by atoms with van der Waals surface area (Å²) in [5.74, 6) is 0.620. The molecule has 0 bridgehead atoms. The van der Waals surface area contributed by atoms with Crippen LogP contribution in [0, 0.1) is 6.92 Å². The molecule has 5 nitrogen and oxygen atoms in total. The maximum atomic E-state index is 11.3. The fraction of sp³-hybridized carbons (Fsp3) is 0.500. The molecule has 3 heterocycles. The van der Waals surface area contributed by atoms with Crippen molar-refractivity contribution in [3.8, 4) is 0 Å². The number of aromatic nitrogens is 3. The summed E-state index contributed by atoms with van der Waals surface area (Å²) in [6.45, 7) is 5.35. The highest BCUT2D eigenvalue weighted by atomic mass is 16.2. The lowest BCUT2D eigenvalue weighted by Crippen LogP contribution is -2.36. The van der Waals surface area contributed by atoms with Gasteiger partial charge in [-0.05, 0) is 31.4 Å². The second kappa shape index (κ2) is 4.64. The number of likely N-dealkylation sites (tertiary alicyclic amines) is 1. The van der Waals surface area contributed by atoms with E-state index in [-0.39, 0.29) is 5.91 Å². The average Bonchev–Trinajstić information content (AvgIpc) is 2.81. The summed E-state index contributed by atoms with van der Waals surface area (Å²) < 4.78 is 0. The van der Waals surface area contributed by atoms with Gasteiger partial charge in [0.1, 0.15) is 0 Å². The lowest BCUT2D eigenvalue weighted by Gasteiger charge is -2.30. The SMILES string of the molecule is CC(=O)N1CCC(c2[nH]nc3ncc(C)cc23)CC1. The van der Waals surface area contributed by atoms with Gasteiger partial charge in [0.15, 0.2) is 5.65 Å². The van der Waals surface area contributed by atoms with Gasteiger partial charge in [0.2, 0.25) is 5.91 Å². The zero-order valence-electron chi connectivity index (χ0n) is 11.3. The maximum Gasteiger partial charge on any atom is 0.219 e. The Morgan fingerprint density at radius 2 is 2.16 bits per heavy atom. The summed E-state index contributed by atoms with van der Waals surface area (Å²) in [5, 5.41) is 8.54. The third-order valence-corrected chi connectivity index (χ3v) is 3.92. The molecule has 1 aliphatic heterocycles. The molecule has 1 aliphatic rings. The van der Waals surface area contributed by atoms with Crippen molar-refractivity contribution >= 4 is 16.9 Å². The van der Waals surface area contributed by atoms with E-state index in [0.29, 0.717) is 5.92 Å². The molecule has 0 aliphatic carbocycles. The molecule has 0 aromatic carbocycles. The molecule has 0 atom stereocenters. The summed E-state index contributed by atoms with van der Waals surface area (Å²) in [4.78, 5) is 17.6. The number of fused-ring (bicyclic) bond motifs is 1. The fourth-order valence-electron chi connectivity index (χ4n) is 2.82. The van der Waals surface area contributed by atoms with Gasteiger partial charge >= 0.3 is 0 Å². The first-order chi connectivity index (χ1) is 9.15. The van der Waals surface area contributed by atoms with E-state index in [0.717, 1.165) is 42.5 Å². The molecule has 0 saturated carbocycles. The molecule has 0 spiro atoms. The average molecular weight is 258 g/mol. The molecule has 2 aromatic heterocycles. The number of aromatic amines is 1. The van der Waals surface area contributed by atoms with Gasteiger partial charge in [0, 0.05) is 43.2 Å². The summed E-state index contributed by atoms with van der Waals surface area (Å²) in [6, 6.07) is 2.14. The summed E-state index contributed by atoms with van der Waals surface area (Å²) in [7, 11) is 0. The molecule has 0 radical (unpaired) electrons. The van der Waals surface area contributed by atoms with E-state index in [2.05, 4.69) is 21.2 Å². The lowest BCUT2D eigenvalue weighted by atomic mass is 9.92. The van der Waals surface area contributed by atoms with Gasteiger partial charge in [0.25, 0.3) is 0 Å². The number of aryl methyl sites for hydroxylation is 1. The number of nitrogens with one attached hydrogen (secondary N) is 1. The zero-order valence-corrected chi connectivity index (χ0v) is 11.3. The number of rotatable bonds is 1. The monoisotopic (exact) mass is 258 g/mol. The highest BCUT2D eigenvalue weighted by Crippen LogP contribution is 2.31. The first kappa shape index (κ1) is 12.1. The molecule has 1 N–H and O–H groups in total. The Bertz CT molecular complexity index is 611. The van der Waals surface area contributed by atoms with Crippen LogP contribution < -0.4 is 0 Å². The van der Waals surface area contributed by atoms with Crippen molar-refractivity contribution in [2.45, 2.75) is 32.6 Å². The zero-order chi connectivity index (χ0) is 13.4. The third-order valence-electron chi connectivity index (χ3n) is 3.92. The molecule has 19 heavy (non-hydrogen) atoms. The van der Waals surface area contributed by atoms with Crippen molar-refractivity contribution in [1.82, 2.24) is 20.1 Å². The lowest BCUT2D eigenvalue weighted by molar-refractivity contribution is -0.129. The summed E-state index contributed by atoms with van der Waals surface area (Å²) in [5.41, 5.74) is 3.11. The van der Waals surface area contributed by atoms with Gasteiger partial charge in [-0.2, -0.15) is 5.10 Å². The second-order valence-electron chi connectivity index (χ2n) is 5.30. The van der Waals surface area contributed by atoms with Crippen LogP contribution in [0.15, 0.2) is 12.3 Å². The number of H-pyrrole nitrogens is 1. The largest absolute Gasteiger partial charge is 0.343 e. The van der Waals surface area contributed by atoms with Gasteiger partial charge in [0.05, 0.1) is 0 Å². The maximum absolute atomic E-state index is 11.3. The predicted octanol–water partition coefficient (Wildman–Crippen LogP) is 1.99. The topological polar surface area (TPSA) is 61.9 Å². The number of carbonyl (C=O) groups excluding carboxylic acids is 1. The molecule has 1 amide bonds. The van der Waals surface area contributed by atoms with E-state index in [4.69, 9.17) is 0 Å². The fourth-order valence-corrected chi connectivity index (χ4v) is 2.82. The van der Waals surface area contributed by atoms with Crippen molar-refractivity contribution in [3.05, 3.63) is 23.5 Å². The first-order valence-corrected chi connectivity index (χ1v) is 6.71. The minimum Gasteiger partial charge on any atom is -0.343 e. The molecule has 3 rings (SSSR count). The Balaban J connectivity index is 1.85. The van der Waals surface area contributed by atoms with Crippen LogP contribution in [0.1, 0.15) is 36.9 Å². The van der Waals surface area contributed by atoms with Crippen LogP contribution in [0.2, 0.25) is 0 Å². The van der Waals surface area contributed by atoms with Crippen molar-refractivity contribution in [2.75, 3.05) is 13.1 Å². The van der Waals surface area contributed by atoms with Crippen molar-refractivity contribution in [3.63, 3.8) is 0 Å². The minimum absolute atomic E-state index is 0.172. The number of hydrogen-bond acceptors (Lipinski definition) is 3. The molecule has 0 unspecified atom stereocenters. The van der Waals surface area contributed by atoms with Crippen LogP contribution in [-0.2, 0) is 4.79 Å². The highest BCUT2D eigenvalue weighted by Gasteiger charge is 2.24. The Labute approximate surface area is 112 Å². The molecular weight excluding hydrogens is 240 g/mol. The minimum atomic E-state index is 0.172. The standard InChI is InChI=1S/C14H18N4O/c1-9-7-12-13(16-17-14(12)15-8-9)11-3-5-18(6-4-11)10(2)19/h7-8,11H,3-6H2,1-2H3,(H,15,16,17). The number of carbonyl (C=O) groups is 1. The molecular formula is C14H18N4O. The molecule has 5 heteroatoms. The van der Waals surface area contributed by atoms with E-state index in [1.54, 1.807) is 6.92 Å². The summed E-state index contributed by atoms with van der Waals surface area (Å²) >= 11 is 0. The van der Waals surface area contributed by atoms with Crippen LogP contribution in [0.25, 0.3) is 11.0 Å². The van der Waals surface area contributed by atoms with Crippen molar-refractivity contribution in [2.24, 2.45) is 0 Å². The predicted molar refractivity (Wildman–Crippen MR) is 72.9 cm³/mol. The molecule has 2 aromatic rings. The summed E-state index contributed by atoms with van der Waals surface area (Å²) in [6.07, 6.45) is 3.82. The van der Waals surface area contributed by atoms with Crippen molar-refractivity contribution in [1.29, 1.82) is 0 Å². The number of hydrogen-bond donors (Lipinski definition) is 1. The van der Waals surface area contributed by atoms with Gasteiger partial charge in [-0.3, -0.25) is 9.89 Å².